The molecule has 0 spiro atoms. The predicted molar refractivity (Wildman–Crippen MR) is 125 cm³/mol. The number of carbonyl (C=O) groups excluding carboxylic acids is 1. The van der Waals surface area contributed by atoms with Gasteiger partial charge in [0.15, 0.2) is 0 Å². The molecule has 0 unspecified atom stereocenters. The second-order valence-electron chi connectivity index (χ2n) is 8.29. The van der Waals surface area contributed by atoms with Gasteiger partial charge in [0.25, 0.3) is 0 Å². The van der Waals surface area contributed by atoms with Gasteiger partial charge in [0.1, 0.15) is 18.1 Å². The second-order valence-corrected chi connectivity index (χ2v) is 8.29. The van der Waals surface area contributed by atoms with E-state index in [0.29, 0.717) is 19.6 Å². The van der Waals surface area contributed by atoms with Gasteiger partial charge in [0, 0.05) is 19.6 Å². The lowest BCUT2D eigenvalue weighted by Crippen LogP contribution is -2.44. The van der Waals surface area contributed by atoms with E-state index < -0.39 is 0 Å². The Morgan fingerprint density at radius 3 is 2.48 bits per heavy atom. The molecule has 0 saturated carbocycles. The Morgan fingerprint density at radius 1 is 1.09 bits per heavy atom. The van der Waals surface area contributed by atoms with E-state index >= 15 is 0 Å². The molecule has 2 aromatic carbocycles. The second kappa shape index (κ2) is 11.1. The Hall–Kier alpha value is -3.16. The van der Waals surface area contributed by atoms with Crippen LogP contribution < -0.4 is 10.1 Å². The van der Waals surface area contributed by atoms with Gasteiger partial charge < -0.3 is 19.3 Å². The summed E-state index contributed by atoms with van der Waals surface area (Å²) in [6.07, 6.45) is 0.328. The third-order valence-corrected chi connectivity index (χ3v) is 6.02. The first-order valence-electron chi connectivity index (χ1n) is 11.4. The number of aryl methyl sites for hydroxylation is 2. The quantitative estimate of drug-likeness (QED) is 0.538. The van der Waals surface area contributed by atoms with Crippen molar-refractivity contribution in [2.24, 2.45) is 0 Å². The third kappa shape index (κ3) is 6.21. The molecule has 7 nitrogen and oxygen atoms in total. The van der Waals surface area contributed by atoms with Crippen molar-refractivity contribution in [2.45, 2.75) is 32.9 Å². The molecule has 1 saturated heterocycles. The van der Waals surface area contributed by atoms with Gasteiger partial charge in [-0.1, -0.05) is 47.6 Å². The molecule has 1 N–H and O–H groups in total. The first-order valence-corrected chi connectivity index (χ1v) is 11.4. The van der Waals surface area contributed by atoms with Crippen LogP contribution in [0.3, 0.4) is 0 Å². The number of rotatable bonds is 9. The fraction of sp³-hybridized carbons (Fsp3) is 0.385. The highest BCUT2D eigenvalue weighted by Gasteiger charge is 2.23. The number of aromatic nitrogens is 1. The number of hydrogen-bond donors (Lipinski definition) is 1. The summed E-state index contributed by atoms with van der Waals surface area (Å²) in [5.41, 5.74) is 3.96. The highest BCUT2D eigenvalue weighted by molar-refractivity contribution is 5.78. The standard InChI is InChI=1S/C26H31N3O4/c1-19-24(20(2)33-28-19)18-32-23-10-8-21(9-11-23)16-26(30)27-17-25(22-6-4-3-5-7-22)29-12-14-31-15-13-29/h3-11,25H,12-18H2,1-2H3,(H,27,30)/t25-/m1/s1. The maximum atomic E-state index is 12.7. The van der Waals surface area contributed by atoms with Gasteiger partial charge in [-0.15, -0.1) is 0 Å². The van der Waals surface area contributed by atoms with Crippen LogP contribution in [0.15, 0.2) is 59.1 Å². The third-order valence-electron chi connectivity index (χ3n) is 6.02. The van der Waals surface area contributed by atoms with E-state index in [1.54, 1.807) is 0 Å². The molecule has 2 heterocycles. The molecule has 1 atom stereocenters. The van der Waals surface area contributed by atoms with Crippen LogP contribution in [-0.4, -0.2) is 48.8 Å². The minimum Gasteiger partial charge on any atom is -0.489 e. The van der Waals surface area contributed by atoms with Gasteiger partial charge in [-0.2, -0.15) is 0 Å². The molecule has 3 aromatic rings. The minimum atomic E-state index is 0.00794. The van der Waals surface area contributed by atoms with Crippen molar-refractivity contribution in [3.63, 3.8) is 0 Å². The zero-order valence-electron chi connectivity index (χ0n) is 19.3. The molecule has 1 amide bonds. The number of nitrogens with one attached hydrogen (secondary N) is 1. The van der Waals surface area contributed by atoms with Crippen molar-refractivity contribution in [1.29, 1.82) is 0 Å². The van der Waals surface area contributed by atoms with E-state index in [1.165, 1.54) is 5.56 Å². The van der Waals surface area contributed by atoms with E-state index in [4.69, 9.17) is 14.0 Å². The topological polar surface area (TPSA) is 76.8 Å². The lowest BCUT2D eigenvalue weighted by Gasteiger charge is -2.35. The maximum absolute atomic E-state index is 12.7. The maximum Gasteiger partial charge on any atom is 0.224 e. The van der Waals surface area contributed by atoms with Crippen LogP contribution in [0.5, 0.6) is 5.75 Å². The van der Waals surface area contributed by atoms with E-state index in [9.17, 15) is 4.79 Å². The van der Waals surface area contributed by atoms with Gasteiger partial charge in [0.2, 0.25) is 5.91 Å². The number of benzene rings is 2. The number of morpholine rings is 1. The van der Waals surface area contributed by atoms with Gasteiger partial charge in [-0.05, 0) is 37.1 Å². The van der Waals surface area contributed by atoms with Crippen molar-refractivity contribution >= 4 is 5.91 Å². The van der Waals surface area contributed by atoms with Crippen LogP contribution in [0.25, 0.3) is 0 Å². The number of nitrogens with zero attached hydrogens (tertiary/aromatic N) is 2. The average molecular weight is 450 g/mol. The minimum absolute atomic E-state index is 0.00794. The van der Waals surface area contributed by atoms with E-state index in [0.717, 1.165) is 54.6 Å². The molecule has 0 bridgehead atoms. The van der Waals surface area contributed by atoms with Crippen LogP contribution in [0.1, 0.15) is 34.2 Å². The molecule has 174 valence electrons. The SMILES string of the molecule is Cc1noc(C)c1COc1ccc(CC(=O)NC[C@H](c2ccccc2)N2CCOCC2)cc1. The molecule has 0 aliphatic carbocycles. The Bertz CT molecular complexity index is 1010. The molecule has 1 aliphatic rings. The lowest BCUT2D eigenvalue weighted by molar-refractivity contribution is -0.120. The molecule has 0 radical (unpaired) electrons. The van der Waals surface area contributed by atoms with Crippen LogP contribution in [0.4, 0.5) is 0 Å². The zero-order chi connectivity index (χ0) is 23.0. The van der Waals surface area contributed by atoms with Crippen LogP contribution in [0.2, 0.25) is 0 Å². The van der Waals surface area contributed by atoms with Crippen LogP contribution >= 0.6 is 0 Å². The zero-order valence-corrected chi connectivity index (χ0v) is 19.3. The molecule has 4 rings (SSSR count). The average Bonchev–Trinajstić information content (AvgIpc) is 3.17. The van der Waals surface area contributed by atoms with Gasteiger partial charge in [0.05, 0.1) is 36.9 Å². The molecule has 1 aliphatic heterocycles. The fourth-order valence-electron chi connectivity index (χ4n) is 4.05. The van der Waals surface area contributed by atoms with Crippen LogP contribution in [0, 0.1) is 13.8 Å². The smallest absolute Gasteiger partial charge is 0.224 e. The van der Waals surface area contributed by atoms with Gasteiger partial charge in [-0.25, -0.2) is 0 Å². The molecular formula is C26H31N3O4. The predicted octanol–water partition coefficient (Wildman–Crippen LogP) is 3.60. The first-order chi connectivity index (χ1) is 16.1. The Labute approximate surface area is 194 Å². The first kappa shape index (κ1) is 23.0. The summed E-state index contributed by atoms with van der Waals surface area (Å²) < 4.78 is 16.5. The van der Waals surface area contributed by atoms with Gasteiger partial charge in [-0.3, -0.25) is 9.69 Å². The number of amides is 1. The number of carbonyl (C=O) groups is 1. The van der Waals surface area contributed by atoms with Crippen molar-refractivity contribution in [3.05, 3.63) is 82.7 Å². The van der Waals surface area contributed by atoms with E-state index in [-0.39, 0.29) is 11.9 Å². The fourth-order valence-corrected chi connectivity index (χ4v) is 4.05. The van der Waals surface area contributed by atoms with Crippen LogP contribution in [-0.2, 0) is 22.6 Å². The van der Waals surface area contributed by atoms with Crippen molar-refractivity contribution in [1.82, 2.24) is 15.4 Å². The lowest BCUT2D eigenvalue weighted by atomic mass is 10.0. The highest BCUT2D eigenvalue weighted by Crippen LogP contribution is 2.21. The van der Waals surface area contributed by atoms with E-state index in [1.807, 2.05) is 56.3 Å². The summed E-state index contributed by atoms with van der Waals surface area (Å²) in [6.45, 7) is 7.94. The summed E-state index contributed by atoms with van der Waals surface area (Å²) in [6, 6.07) is 18.1. The largest absolute Gasteiger partial charge is 0.489 e. The molecule has 1 aromatic heterocycles. The van der Waals surface area contributed by atoms with E-state index in [2.05, 4.69) is 27.5 Å². The van der Waals surface area contributed by atoms with Crippen molar-refractivity contribution in [3.8, 4) is 5.75 Å². The Balaban J connectivity index is 1.30. The monoisotopic (exact) mass is 449 g/mol. The highest BCUT2D eigenvalue weighted by atomic mass is 16.5. The molecule has 7 heteroatoms. The summed E-state index contributed by atoms with van der Waals surface area (Å²) in [5.74, 6) is 1.52. The summed E-state index contributed by atoms with van der Waals surface area (Å²) in [5, 5.41) is 7.07. The number of hydrogen-bond acceptors (Lipinski definition) is 6. The Morgan fingerprint density at radius 2 is 1.82 bits per heavy atom. The summed E-state index contributed by atoms with van der Waals surface area (Å²) in [4.78, 5) is 15.0. The van der Waals surface area contributed by atoms with Gasteiger partial charge >= 0.3 is 0 Å². The molecular weight excluding hydrogens is 418 g/mol. The normalized spacial score (nSPS) is 15.2. The Kier molecular flexibility index (Phi) is 7.75. The summed E-state index contributed by atoms with van der Waals surface area (Å²) >= 11 is 0. The van der Waals surface area contributed by atoms with Crippen molar-refractivity contribution in [2.75, 3.05) is 32.8 Å². The molecule has 1 fully saturated rings. The van der Waals surface area contributed by atoms with Crippen molar-refractivity contribution < 1.29 is 18.8 Å². The summed E-state index contributed by atoms with van der Waals surface area (Å²) in [7, 11) is 0. The number of ether oxygens (including phenoxy) is 2. The molecule has 33 heavy (non-hydrogen) atoms.